The summed E-state index contributed by atoms with van der Waals surface area (Å²) in [4.78, 5) is 0. The normalized spacial score (nSPS) is 57.7. The lowest BCUT2D eigenvalue weighted by Gasteiger charge is -2.70. The molecule has 0 aromatic carbocycles. The van der Waals surface area contributed by atoms with Gasteiger partial charge in [-0.25, -0.2) is 0 Å². The highest BCUT2D eigenvalue weighted by molar-refractivity contribution is 7.50. The SMILES string of the molecule is CC.CC.CCC1C(C)C(C(C)C)C(C)C2(C)C(C)C3CC4C(C)C(C)CCC4C(C)C3(C)C3PC132. The number of hydrogen-bond donors (Lipinski definition) is 0. The van der Waals surface area contributed by atoms with E-state index in [0.717, 1.165) is 76.7 Å². The van der Waals surface area contributed by atoms with Crippen LogP contribution < -0.4 is 0 Å². The fourth-order valence-corrected chi connectivity index (χ4v) is 15.8. The second kappa shape index (κ2) is 10.8. The monoisotopic (exact) mass is 518 g/mol. The van der Waals surface area contributed by atoms with Crippen molar-refractivity contribution in [2.24, 2.45) is 81.8 Å². The average Bonchev–Trinajstić information content (AvgIpc) is 3.62. The smallest absolute Gasteiger partial charge is 0.00413 e. The van der Waals surface area contributed by atoms with E-state index in [0.29, 0.717) is 16.0 Å². The van der Waals surface area contributed by atoms with Crippen molar-refractivity contribution in [1.29, 1.82) is 0 Å². The molecule has 1 spiro atoms. The molecule has 4 aliphatic carbocycles. The van der Waals surface area contributed by atoms with E-state index in [4.69, 9.17) is 0 Å². The van der Waals surface area contributed by atoms with Gasteiger partial charge in [0.1, 0.15) is 0 Å². The maximum atomic E-state index is 2.84. The number of rotatable bonds is 2. The van der Waals surface area contributed by atoms with E-state index < -0.39 is 0 Å². The Kier molecular flexibility index (Phi) is 9.27. The van der Waals surface area contributed by atoms with Gasteiger partial charge in [0.05, 0.1) is 0 Å². The molecule has 0 bridgehead atoms. The number of fused-ring (bicyclic) bond motifs is 3. The van der Waals surface area contributed by atoms with E-state index in [1.807, 2.05) is 27.7 Å². The molecule has 1 heteroatoms. The third kappa shape index (κ3) is 3.74. The van der Waals surface area contributed by atoms with Crippen molar-refractivity contribution < 1.29 is 0 Å². The summed E-state index contributed by atoms with van der Waals surface area (Å²) in [5, 5.41) is 0.658. The van der Waals surface area contributed by atoms with Crippen molar-refractivity contribution in [3.8, 4) is 0 Å². The Morgan fingerprint density at radius 3 is 1.89 bits per heavy atom. The zero-order valence-corrected chi connectivity index (χ0v) is 28.3. The van der Waals surface area contributed by atoms with Gasteiger partial charge in [-0.3, -0.25) is 0 Å². The van der Waals surface area contributed by atoms with Gasteiger partial charge in [0, 0.05) is 5.16 Å². The van der Waals surface area contributed by atoms with E-state index in [1.54, 1.807) is 6.42 Å². The molecule has 5 fully saturated rings. The summed E-state index contributed by atoms with van der Waals surface area (Å²) in [6, 6.07) is 0. The fraction of sp³-hybridized carbons (Fsp3) is 1.00. The van der Waals surface area contributed by atoms with Gasteiger partial charge in [-0.1, -0.05) is 117 Å². The molecular formula is C35H67P. The van der Waals surface area contributed by atoms with E-state index in [1.165, 1.54) is 27.8 Å². The Bertz CT molecular complexity index is 743. The van der Waals surface area contributed by atoms with Crippen LogP contribution in [-0.2, 0) is 0 Å². The summed E-state index contributed by atoms with van der Waals surface area (Å²) in [5.41, 5.74) is 2.16. The molecule has 36 heavy (non-hydrogen) atoms. The minimum Gasteiger partial charge on any atom is -0.109 e. The molecule has 1 heterocycles. The molecule has 212 valence electrons. The quantitative estimate of drug-likeness (QED) is 0.319. The van der Waals surface area contributed by atoms with Crippen LogP contribution in [0.3, 0.4) is 0 Å². The second-order valence-corrected chi connectivity index (χ2v) is 16.4. The van der Waals surface area contributed by atoms with Crippen LogP contribution in [0, 0.1) is 81.8 Å². The second-order valence-electron chi connectivity index (χ2n) is 14.7. The molecule has 0 amide bonds. The van der Waals surface area contributed by atoms with E-state index in [-0.39, 0.29) is 0 Å². The first-order valence-corrected chi connectivity index (χ1v) is 17.8. The molecule has 1 aliphatic heterocycles. The summed E-state index contributed by atoms with van der Waals surface area (Å²) in [7, 11) is 1.24. The highest BCUT2D eigenvalue weighted by atomic mass is 31.1. The first kappa shape index (κ1) is 31.0. The van der Waals surface area contributed by atoms with Gasteiger partial charge >= 0.3 is 0 Å². The van der Waals surface area contributed by atoms with Gasteiger partial charge in [-0.05, 0) is 100 Å². The van der Waals surface area contributed by atoms with Crippen LogP contribution in [0.1, 0.15) is 130 Å². The maximum Gasteiger partial charge on any atom is 0.00413 e. The van der Waals surface area contributed by atoms with E-state index in [9.17, 15) is 0 Å². The largest absolute Gasteiger partial charge is 0.109 e. The lowest BCUT2D eigenvalue weighted by molar-refractivity contribution is -0.193. The van der Waals surface area contributed by atoms with Crippen molar-refractivity contribution in [2.45, 2.75) is 140 Å². The van der Waals surface area contributed by atoms with Crippen LogP contribution >= 0.6 is 8.58 Å². The topological polar surface area (TPSA) is 0 Å². The third-order valence-electron chi connectivity index (χ3n) is 14.4. The van der Waals surface area contributed by atoms with E-state index in [2.05, 4.69) is 76.2 Å². The molecule has 16 atom stereocenters. The van der Waals surface area contributed by atoms with Crippen LogP contribution in [0.4, 0.5) is 0 Å². The lowest BCUT2D eigenvalue weighted by atomic mass is 9.34. The van der Waals surface area contributed by atoms with Crippen molar-refractivity contribution in [2.75, 3.05) is 0 Å². The van der Waals surface area contributed by atoms with Crippen LogP contribution in [0.2, 0.25) is 0 Å². The minimum atomic E-state index is 0.540. The van der Waals surface area contributed by atoms with Crippen LogP contribution in [-0.4, -0.2) is 10.8 Å². The Morgan fingerprint density at radius 2 is 1.36 bits per heavy atom. The van der Waals surface area contributed by atoms with Crippen molar-refractivity contribution >= 4 is 8.58 Å². The third-order valence-corrected chi connectivity index (χ3v) is 17.1. The summed E-state index contributed by atoms with van der Waals surface area (Å²) in [6.07, 6.45) is 5.98. The van der Waals surface area contributed by atoms with Gasteiger partial charge in [0.15, 0.2) is 0 Å². The highest BCUT2D eigenvalue weighted by Gasteiger charge is 2.83. The first-order valence-electron chi connectivity index (χ1n) is 16.7. The molecule has 0 aromatic heterocycles. The minimum absolute atomic E-state index is 0.540. The lowest BCUT2D eigenvalue weighted by Crippen LogP contribution is -2.69. The van der Waals surface area contributed by atoms with Gasteiger partial charge in [0.25, 0.3) is 0 Å². The summed E-state index contributed by atoms with van der Waals surface area (Å²) in [6.45, 7) is 37.4. The molecule has 16 unspecified atom stereocenters. The fourth-order valence-electron chi connectivity index (χ4n) is 12.4. The Balaban J connectivity index is 0.000000861. The molecule has 5 aliphatic rings. The Hall–Kier alpha value is 0.430. The predicted octanol–water partition coefficient (Wildman–Crippen LogP) is 11.0. The summed E-state index contributed by atoms with van der Waals surface area (Å²) >= 11 is 0. The van der Waals surface area contributed by atoms with E-state index >= 15 is 0 Å². The first-order chi connectivity index (χ1) is 16.9. The standard InChI is InChI=1S/C31H55P.2C2H6/c1-12-25-19(6)27(16(2)3)22(9)30(11)21(8)26-15-24-18(5)17(4)13-14-23(24)20(7)29(26,10)28-31(25,30)32-28;2*1-2/h16-28,32H,12-15H2,1-11H3;2*1-2H3. The number of hydrogen-bond acceptors (Lipinski definition) is 0. The predicted molar refractivity (Wildman–Crippen MR) is 165 cm³/mol. The average molecular weight is 519 g/mol. The summed E-state index contributed by atoms with van der Waals surface area (Å²) < 4.78 is 0. The molecule has 0 nitrogen and oxygen atoms in total. The maximum absolute atomic E-state index is 2.84. The van der Waals surface area contributed by atoms with Gasteiger partial charge in [-0.15, -0.1) is 8.58 Å². The Morgan fingerprint density at radius 1 is 0.778 bits per heavy atom. The van der Waals surface area contributed by atoms with Crippen molar-refractivity contribution in [1.82, 2.24) is 0 Å². The zero-order chi connectivity index (χ0) is 27.5. The van der Waals surface area contributed by atoms with Gasteiger partial charge < -0.3 is 0 Å². The summed E-state index contributed by atoms with van der Waals surface area (Å²) in [5.74, 6) is 11.1. The molecule has 1 saturated heterocycles. The van der Waals surface area contributed by atoms with Crippen LogP contribution in [0.5, 0.6) is 0 Å². The molecule has 0 N–H and O–H groups in total. The van der Waals surface area contributed by atoms with Gasteiger partial charge in [0.2, 0.25) is 0 Å². The van der Waals surface area contributed by atoms with Crippen LogP contribution in [0.25, 0.3) is 0 Å². The molecule has 4 saturated carbocycles. The molecule has 0 radical (unpaired) electrons. The van der Waals surface area contributed by atoms with Crippen molar-refractivity contribution in [3.05, 3.63) is 0 Å². The Labute approximate surface area is 230 Å². The van der Waals surface area contributed by atoms with Crippen LogP contribution in [0.15, 0.2) is 0 Å². The van der Waals surface area contributed by atoms with Crippen molar-refractivity contribution in [3.63, 3.8) is 0 Å². The molecule has 0 aromatic rings. The highest BCUT2D eigenvalue weighted by Crippen LogP contribution is 2.89. The molecular weight excluding hydrogens is 451 g/mol. The van der Waals surface area contributed by atoms with Gasteiger partial charge in [-0.2, -0.15) is 0 Å². The molecule has 5 rings (SSSR count). The zero-order valence-electron chi connectivity index (χ0n) is 27.3.